The number of thiocarbonyl (C=S) groups is 1. The maximum atomic E-state index is 13.7. The third-order valence-corrected chi connectivity index (χ3v) is 4.55. The summed E-state index contributed by atoms with van der Waals surface area (Å²) < 4.78 is 59.7. The Bertz CT molecular complexity index is 1080. The number of rotatable bonds is 6. The Labute approximate surface area is 176 Å². The van der Waals surface area contributed by atoms with E-state index in [0.29, 0.717) is 33.0 Å². The summed E-state index contributed by atoms with van der Waals surface area (Å²) in [7, 11) is 0. The minimum atomic E-state index is -4.39. The van der Waals surface area contributed by atoms with Crippen LogP contribution in [0.1, 0.15) is 25.2 Å². The molecule has 1 heterocycles. The predicted octanol–water partition coefficient (Wildman–Crippen LogP) is 5.82. The highest BCUT2D eigenvalue weighted by Gasteiger charge is 2.30. The molecule has 0 bridgehead atoms. The first-order valence-electron chi connectivity index (χ1n) is 9.31. The molecule has 4 nitrogen and oxygen atoms in total. The second-order valence-corrected chi connectivity index (χ2v) is 7.67. The molecule has 9 heteroatoms. The highest BCUT2D eigenvalue weighted by Crippen LogP contribution is 2.29. The largest absolute Gasteiger partial charge is 0.491 e. The number of halogens is 4. The van der Waals surface area contributed by atoms with Gasteiger partial charge in [-0.1, -0.05) is 18.3 Å². The van der Waals surface area contributed by atoms with Crippen LogP contribution in [-0.2, 0) is 13.0 Å². The number of nitrogens with zero attached hydrogens (tertiary/aromatic N) is 2. The lowest BCUT2D eigenvalue weighted by molar-refractivity contribution is -0.140. The van der Waals surface area contributed by atoms with Gasteiger partial charge in [0.1, 0.15) is 23.9 Å². The highest BCUT2D eigenvalue weighted by atomic mass is 32.1. The van der Waals surface area contributed by atoms with Crippen molar-refractivity contribution in [2.45, 2.75) is 46.0 Å². The lowest BCUT2D eigenvalue weighted by Crippen LogP contribution is -2.20. The molecule has 1 N–H and O–H groups in total. The number of imidazole rings is 1. The third-order valence-electron chi connectivity index (χ3n) is 4.31. The van der Waals surface area contributed by atoms with Crippen LogP contribution in [0.4, 0.5) is 23.2 Å². The monoisotopic (exact) mass is 439 g/mol. The summed E-state index contributed by atoms with van der Waals surface area (Å²) in [5.74, 6) is 0.330. The number of aryl methyl sites for hydroxylation is 1. The Morgan fingerprint density at radius 3 is 2.63 bits per heavy atom. The molecule has 0 saturated heterocycles. The standard InChI is InChI=1S/C21H21F4N3OS/c1-12(2)29-18-8-7-15(22)9-14(18)10-19(30)27-17-6-4-5-16-20(17)28(13(3)26-16)11-21(23,24)25/h4-9,12H,10-11H2,1-3H3,(H,27,30). The van der Waals surface area contributed by atoms with Crippen molar-refractivity contribution in [3.05, 3.63) is 53.6 Å². The van der Waals surface area contributed by atoms with Crippen LogP contribution in [0, 0.1) is 12.7 Å². The molecule has 0 aliphatic carbocycles. The topological polar surface area (TPSA) is 39.1 Å². The molecule has 0 aliphatic rings. The van der Waals surface area contributed by atoms with Gasteiger partial charge in [-0.2, -0.15) is 13.2 Å². The van der Waals surface area contributed by atoms with Gasteiger partial charge in [0.2, 0.25) is 0 Å². The second kappa shape index (κ2) is 8.59. The molecule has 0 aliphatic heterocycles. The number of hydrogen-bond acceptors (Lipinski definition) is 3. The van der Waals surface area contributed by atoms with E-state index in [1.54, 1.807) is 18.2 Å². The van der Waals surface area contributed by atoms with Gasteiger partial charge in [-0.25, -0.2) is 9.37 Å². The lowest BCUT2D eigenvalue weighted by Gasteiger charge is -2.16. The second-order valence-electron chi connectivity index (χ2n) is 7.18. The maximum absolute atomic E-state index is 13.7. The Balaban J connectivity index is 1.90. The number of benzene rings is 2. The van der Waals surface area contributed by atoms with Crippen LogP contribution in [0.25, 0.3) is 11.0 Å². The van der Waals surface area contributed by atoms with Gasteiger partial charge in [-0.15, -0.1) is 0 Å². The predicted molar refractivity (Wildman–Crippen MR) is 113 cm³/mol. The van der Waals surface area contributed by atoms with E-state index in [4.69, 9.17) is 17.0 Å². The third kappa shape index (κ3) is 5.27. The fourth-order valence-electron chi connectivity index (χ4n) is 3.20. The van der Waals surface area contributed by atoms with Gasteiger partial charge in [-0.3, -0.25) is 0 Å². The Morgan fingerprint density at radius 2 is 1.97 bits per heavy atom. The molecule has 0 amide bonds. The molecule has 0 unspecified atom stereocenters. The van der Waals surface area contributed by atoms with Crippen LogP contribution < -0.4 is 10.1 Å². The molecule has 30 heavy (non-hydrogen) atoms. The van der Waals surface area contributed by atoms with Crippen molar-refractivity contribution in [2.75, 3.05) is 5.32 Å². The zero-order valence-corrected chi connectivity index (χ0v) is 17.5. The number of nitrogens with one attached hydrogen (secondary N) is 1. The molecule has 0 spiro atoms. The van der Waals surface area contributed by atoms with Crippen molar-refractivity contribution in [3.8, 4) is 5.75 Å². The van der Waals surface area contributed by atoms with Gasteiger partial charge in [-0.05, 0) is 51.1 Å². The molecule has 3 rings (SSSR count). The zero-order chi connectivity index (χ0) is 22.1. The summed E-state index contributed by atoms with van der Waals surface area (Å²) in [5.41, 5.74) is 1.70. The molecule has 0 fully saturated rings. The fraction of sp³-hybridized carbons (Fsp3) is 0.333. The van der Waals surface area contributed by atoms with Crippen LogP contribution >= 0.6 is 12.2 Å². The van der Waals surface area contributed by atoms with E-state index in [1.807, 2.05) is 13.8 Å². The van der Waals surface area contributed by atoms with Crippen molar-refractivity contribution in [2.24, 2.45) is 0 Å². The Hall–Kier alpha value is -2.68. The summed E-state index contributed by atoms with van der Waals surface area (Å²) in [6.45, 7) is 4.08. The Kier molecular flexibility index (Phi) is 6.30. The summed E-state index contributed by atoms with van der Waals surface area (Å²) >= 11 is 5.42. The number of anilines is 1. The van der Waals surface area contributed by atoms with Crippen LogP contribution in [0.2, 0.25) is 0 Å². The van der Waals surface area contributed by atoms with Crippen LogP contribution in [0.15, 0.2) is 36.4 Å². The van der Waals surface area contributed by atoms with Crippen LogP contribution in [-0.4, -0.2) is 26.8 Å². The van der Waals surface area contributed by atoms with E-state index in [-0.39, 0.29) is 18.3 Å². The van der Waals surface area contributed by atoms with Crippen LogP contribution in [0.3, 0.4) is 0 Å². The fourth-order valence-corrected chi connectivity index (χ4v) is 3.46. The van der Waals surface area contributed by atoms with Gasteiger partial charge in [0.05, 0.1) is 27.8 Å². The van der Waals surface area contributed by atoms with E-state index < -0.39 is 18.5 Å². The Morgan fingerprint density at radius 1 is 1.23 bits per heavy atom. The van der Waals surface area contributed by atoms with Crippen molar-refractivity contribution in [1.29, 1.82) is 0 Å². The van der Waals surface area contributed by atoms with Crippen molar-refractivity contribution in [1.82, 2.24) is 9.55 Å². The minimum absolute atomic E-state index is 0.107. The molecule has 1 aromatic heterocycles. The van der Waals surface area contributed by atoms with E-state index >= 15 is 0 Å². The minimum Gasteiger partial charge on any atom is -0.491 e. The SMILES string of the molecule is Cc1nc2cccc(NC(=S)Cc3cc(F)ccc3OC(C)C)c2n1CC(F)(F)F. The lowest BCUT2D eigenvalue weighted by atomic mass is 10.1. The molecule has 160 valence electrons. The van der Waals surface area contributed by atoms with Crippen molar-refractivity contribution < 1.29 is 22.3 Å². The summed E-state index contributed by atoms with van der Waals surface area (Å²) in [6.07, 6.45) is -4.33. The van der Waals surface area contributed by atoms with E-state index in [2.05, 4.69) is 10.3 Å². The summed E-state index contributed by atoms with van der Waals surface area (Å²) in [4.78, 5) is 4.54. The number of ether oxygens (including phenoxy) is 1. The maximum Gasteiger partial charge on any atom is 0.406 e. The van der Waals surface area contributed by atoms with E-state index in [0.717, 1.165) is 4.57 Å². The number of aromatic nitrogens is 2. The molecular weight excluding hydrogens is 418 g/mol. The smallest absolute Gasteiger partial charge is 0.406 e. The summed E-state index contributed by atoms with van der Waals surface area (Å²) in [6, 6.07) is 9.15. The van der Waals surface area contributed by atoms with E-state index in [1.165, 1.54) is 25.1 Å². The number of fused-ring (bicyclic) bond motifs is 1. The quantitative estimate of drug-likeness (QED) is 0.388. The van der Waals surface area contributed by atoms with Crippen molar-refractivity contribution >= 4 is 33.9 Å². The number of alkyl halides is 3. The van der Waals surface area contributed by atoms with Crippen molar-refractivity contribution in [3.63, 3.8) is 0 Å². The van der Waals surface area contributed by atoms with E-state index in [9.17, 15) is 17.6 Å². The molecular formula is C21H21F4N3OS. The number of hydrogen-bond donors (Lipinski definition) is 1. The van der Waals surface area contributed by atoms with Gasteiger partial charge >= 0.3 is 6.18 Å². The van der Waals surface area contributed by atoms with Gasteiger partial charge in [0.25, 0.3) is 0 Å². The first kappa shape index (κ1) is 22.0. The van der Waals surface area contributed by atoms with Crippen LogP contribution in [0.5, 0.6) is 5.75 Å². The average Bonchev–Trinajstić information content (AvgIpc) is 2.92. The number of para-hydroxylation sites is 1. The first-order chi connectivity index (χ1) is 14.0. The molecule has 0 atom stereocenters. The first-order valence-corrected chi connectivity index (χ1v) is 9.72. The van der Waals surface area contributed by atoms with Gasteiger partial charge in [0.15, 0.2) is 0 Å². The highest BCUT2D eigenvalue weighted by molar-refractivity contribution is 7.80. The normalized spacial score (nSPS) is 11.9. The zero-order valence-electron chi connectivity index (χ0n) is 16.7. The van der Waals surface area contributed by atoms with Gasteiger partial charge < -0.3 is 14.6 Å². The molecule has 3 aromatic rings. The molecule has 2 aromatic carbocycles. The average molecular weight is 439 g/mol. The van der Waals surface area contributed by atoms with Gasteiger partial charge in [0, 0.05) is 12.0 Å². The summed E-state index contributed by atoms with van der Waals surface area (Å²) in [5, 5.41) is 3.00. The molecule has 0 saturated carbocycles. The molecule has 0 radical (unpaired) electrons.